The van der Waals surface area contributed by atoms with E-state index >= 15 is 0 Å². The number of aldehydes is 1. The molecule has 0 aliphatic heterocycles. The Morgan fingerprint density at radius 3 is 2.50 bits per heavy atom. The second kappa shape index (κ2) is 5.28. The molecular formula is C13H7F4NO2. The number of benzene rings is 1. The number of pyridine rings is 1. The highest BCUT2D eigenvalue weighted by Gasteiger charge is 2.32. The van der Waals surface area contributed by atoms with Crippen LogP contribution >= 0.6 is 0 Å². The molecule has 1 aromatic heterocycles. The summed E-state index contributed by atoms with van der Waals surface area (Å²) in [6.45, 7) is 0. The zero-order chi connectivity index (χ0) is 14.8. The number of hydrogen-bond donors (Lipinski definition) is 0. The zero-order valence-corrected chi connectivity index (χ0v) is 9.82. The topological polar surface area (TPSA) is 39.2 Å². The van der Waals surface area contributed by atoms with E-state index in [1.165, 1.54) is 18.2 Å². The number of rotatable bonds is 3. The normalized spacial score (nSPS) is 11.2. The summed E-state index contributed by atoms with van der Waals surface area (Å²) in [5.74, 6) is -1.39. The maximum absolute atomic E-state index is 13.4. The molecule has 0 amide bonds. The van der Waals surface area contributed by atoms with E-state index in [4.69, 9.17) is 0 Å². The van der Waals surface area contributed by atoms with Crippen molar-refractivity contribution in [2.24, 2.45) is 0 Å². The Balaban J connectivity index is 2.47. The van der Waals surface area contributed by atoms with Crippen molar-refractivity contribution >= 4 is 6.29 Å². The number of carbonyl (C=O) groups excluding carboxylic acids is 1. The molecule has 2 aromatic rings. The van der Waals surface area contributed by atoms with Gasteiger partial charge in [0.1, 0.15) is 11.4 Å². The molecule has 0 radical (unpaired) electrons. The van der Waals surface area contributed by atoms with Gasteiger partial charge in [-0.05, 0) is 12.1 Å². The second-order valence-corrected chi connectivity index (χ2v) is 3.75. The van der Waals surface area contributed by atoms with E-state index in [0.717, 1.165) is 18.3 Å². The van der Waals surface area contributed by atoms with Gasteiger partial charge in [-0.15, -0.1) is 13.2 Å². The first kappa shape index (κ1) is 14.0. The van der Waals surface area contributed by atoms with Crippen molar-refractivity contribution in [3.8, 4) is 16.9 Å². The third kappa shape index (κ3) is 3.11. The predicted molar refractivity (Wildman–Crippen MR) is 61.7 cm³/mol. The number of para-hydroxylation sites is 1. The summed E-state index contributed by atoms with van der Waals surface area (Å²) in [5, 5.41) is 0. The number of nitrogens with zero attached hydrogens (tertiary/aromatic N) is 1. The smallest absolute Gasteiger partial charge is 0.405 e. The van der Waals surface area contributed by atoms with Crippen LogP contribution < -0.4 is 4.74 Å². The third-order valence-electron chi connectivity index (χ3n) is 2.41. The van der Waals surface area contributed by atoms with E-state index in [1.54, 1.807) is 0 Å². The summed E-state index contributed by atoms with van der Waals surface area (Å²) in [4.78, 5) is 14.0. The number of hydrogen-bond acceptors (Lipinski definition) is 3. The van der Waals surface area contributed by atoms with Crippen molar-refractivity contribution in [2.45, 2.75) is 6.36 Å². The van der Waals surface area contributed by atoms with Crippen molar-refractivity contribution in [3.63, 3.8) is 0 Å². The average Bonchev–Trinajstić information content (AvgIpc) is 2.37. The molecule has 104 valence electrons. The molecule has 1 aromatic carbocycles. The molecule has 20 heavy (non-hydrogen) atoms. The molecule has 0 saturated heterocycles. The van der Waals surface area contributed by atoms with Gasteiger partial charge < -0.3 is 4.74 Å². The minimum Gasteiger partial charge on any atom is -0.405 e. The van der Waals surface area contributed by atoms with Crippen LogP contribution in [0.25, 0.3) is 11.1 Å². The van der Waals surface area contributed by atoms with Gasteiger partial charge in [0, 0.05) is 17.3 Å². The maximum Gasteiger partial charge on any atom is 0.573 e. The Kier molecular flexibility index (Phi) is 3.69. The first-order valence-corrected chi connectivity index (χ1v) is 5.36. The Hall–Kier alpha value is -2.44. The SMILES string of the molecule is O=Cc1ncc(-c2ccccc2OC(F)(F)F)cc1F. The Labute approximate surface area is 110 Å². The van der Waals surface area contributed by atoms with Crippen LogP contribution in [0.4, 0.5) is 17.6 Å². The largest absolute Gasteiger partial charge is 0.573 e. The molecule has 7 heteroatoms. The average molecular weight is 285 g/mol. The molecule has 0 aliphatic carbocycles. The summed E-state index contributed by atoms with van der Waals surface area (Å²) in [6.07, 6.45) is -3.53. The van der Waals surface area contributed by atoms with Crippen LogP contribution in [0.3, 0.4) is 0 Å². The van der Waals surface area contributed by atoms with Crippen LogP contribution in [0.5, 0.6) is 5.75 Å². The van der Waals surface area contributed by atoms with E-state index in [1.807, 2.05) is 0 Å². The van der Waals surface area contributed by atoms with Crippen molar-refractivity contribution in [2.75, 3.05) is 0 Å². The lowest BCUT2D eigenvalue weighted by Crippen LogP contribution is -2.17. The lowest BCUT2D eigenvalue weighted by atomic mass is 10.1. The number of carbonyl (C=O) groups is 1. The van der Waals surface area contributed by atoms with Gasteiger partial charge in [-0.1, -0.05) is 18.2 Å². The van der Waals surface area contributed by atoms with Gasteiger partial charge in [-0.25, -0.2) is 9.37 Å². The Bertz CT molecular complexity index is 641. The number of ether oxygens (including phenoxy) is 1. The summed E-state index contributed by atoms with van der Waals surface area (Å²) in [5.41, 5.74) is -0.315. The van der Waals surface area contributed by atoms with Gasteiger partial charge in [0.25, 0.3) is 0 Å². The predicted octanol–water partition coefficient (Wildman–Crippen LogP) is 3.60. The first-order chi connectivity index (χ1) is 9.40. The Morgan fingerprint density at radius 2 is 1.90 bits per heavy atom. The van der Waals surface area contributed by atoms with Crippen LogP contribution in [-0.2, 0) is 0 Å². The highest BCUT2D eigenvalue weighted by Crippen LogP contribution is 2.33. The van der Waals surface area contributed by atoms with Crippen LogP contribution in [-0.4, -0.2) is 17.6 Å². The van der Waals surface area contributed by atoms with E-state index in [-0.39, 0.29) is 17.4 Å². The van der Waals surface area contributed by atoms with Crippen molar-refractivity contribution in [3.05, 3.63) is 48.0 Å². The second-order valence-electron chi connectivity index (χ2n) is 3.75. The number of alkyl halides is 3. The monoisotopic (exact) mass is 285 g/mol. The van der Waals surface area contributed by atoms with Crippen LogP contribution in [0.2, 0.25) is 0 Å². The molecule has 2 rings (SSSR count). The molecule has 0 saturated carbocycles. The molecule has 1 heterocycles. The first-order valence-electron chi connectivity index (χ1n) is 5.36. The van der Waals surface area contributed by atoms with Crippen LogP contribution in [0.15, 0.2) is 36.5 Å². The Morgan fingerprint density at radius 1 is 1.20 bits per heavy atom. The van der Waals surface area contributed by atoms with Crippen molar-refractivity contribution < 1.29 is 27.1 Å². The van der Waals surface area contributed by atoms with E-state index < -0.39 is 23.6 Å². The molecule has 3 nitrogen and oxygen atoms in total. The molecule has 0 atom stereocenters. The van der Waals surface area contributed by atoms with Gasteiger partial charge in [0.05, 0.1) is 0 Å². The molecule has 0 unspecified atom stereocenters. The summed E-state index contributed by atoms with van der Waals surface area (Å²) in [6, 6.07) is 6.19. The quantitative estimate of drug-likeness (QED) is 0.639. The van der Waals surface area contributed by atoms with Gasteiger partial charge in [-0.3, -0.25) is 4.79 Å². The zero-order valence-electron chi connectivity index (χ0n) is 9.82. The van der Waals surface area contributed by atoms with Gasteiger partial charge in [-0.2, -0.15) is 0 Å². The van der Waals surface area contributed by atoms with E-state index in [0.29, 0.717) is 0 Å². The lowest BCUT2D eigenvalue weighted by molar-refractivity contribution is -0.274. The molecular weight excluding hydrogens is 278 g/mol. The lowest BCUT2D eigenvalue weighted by Gasteiger charge is -2.13. The fourth-order valence-electron chi connectivity index (χ4n) is 1.60. The number of aromatic nitrogens is 1. The van der Waals surface area contributed by atoms with Gasteiger partial charge >= 0.3 is 6.36 Å². The molecule has 0 fully saturated rings. The summed E-state index contributed by atoms with van der Waals surface area (Å²) in [7, 11) is 0. The van der Waals surface area contributed by atoms with E-state index in [9.17, 15) is 22.4 Å². The highest BCUT2D eigenvalue weighted by molar-refractivity contribution is 5.75. The third-order valence-corrected chi connectivity index (χ3v) is 2.41. The number of halogens is 4. The molecule has 0 N–H and O–H groups in total. The van der Waals surface area contributed by atoms with Crippen molar-refractivity contribution in [1.82, 2.24) is 4.98 Å². The van der Waals surface area contributed by atoms with Crippen LogP contribution in [0.1, 0.15) is 10.5 Å². The van der Waals surface area contributed by atoms with Crippen molar-refractivity contribution in [1.29, 1.82) is 0 Å². The molecule has 0 aliphatic rings. The highest BCUT2D eigenvalue weighted by atomic mass is 19.4. The van der Waals surface area contributed by atoms with Gasteiger partial charge in [0.2, 0.25) is 0 Å². The fraction of sp³-hybridized carbons (Fsp3) is 0.0769. The minimum atomic E-state index is -4.86. The van der Waals surface area contributed by atoms with Gasteiger partial charge in [0.15, 0.2) is 12.1 Å². The van der Waals surface area contributed by atoms with Crippen LogP contribution in [0, 0.1) is 5.82 Å². The standard InChI is InChI=1S/C13H7F4NO2/c14-10-5-8(6-18-11(10)7-19)9-3-1-2-4-12(9)20-13(15,16)17/h1-7H. The summed E-state index contributed by atoms with van der Waals surface area (Å²) < 4.78 is 54.1. The molecule has 0 spiro atoms. The minimum absolute atomic E-state index is 0.0219. The maximum atomic E-state index is 13.4. The molecule has 0 bridgehead atoms. The van der Waals surface area contributed by atoms with E-state index in [2.05, 4.69) is 9.72 Å². The summed E-state index contributed by atoms with van der Waals surface area (Å²) >= 11 is 0. The fourth-order valence-corrected chi connectivity index (χ4v) is 1.60.